The summed E-state index contributed by atoms with van der Waals surface area (Å²) in [6.07, 6.45) is 1.85. The zero-order valence-electron chi connectivity index (χ0n) is 13.4. The normalized spacial score (nSPS) is 12.6. The zero-order valence-corrected chi connectivity index (χ0v) is 13.4. The molecule has 3 aromatic carbocycles. The van der Waals surface area contributed by atoms with Crippen molar-refractivity contribution in [2.24, 2.45) is 0 Å². The fourth-order valence-corrected chi connectivity index (χ4v) is 3.22. The summed E-state index contributed by atoms with van der Waals surface area (Å²) in [7, 11) is -0.424. The Morgan fingerprint density at radius 2 is 1.48 bits per heavy atom. The second kappa shape index (κ2) is 5.67. The van der Waals surface area contributed by atoms with E-state index >= 15 is 0 Å². The first-order valence-electron chi connectivity index (χ1n) is 8.25. The van der Waals surface area contributed by atoms with Gasteiger partial charge in [0.2, 0.25) is 0 Å². The Hall–Kier alpha value is -3.27. The van der Waals surface area contributed by atoms with Crippen LogP contribution in [-0.2, 0) is 0 Å². The van der Waals surface area contributed by atoms with Crippen LogP contribution in [0, 0.1) is 0 Å². The van der Waals surface area contributed by atoms with Crippen molar-refractivity contribution >= 4 is 23.4 Å². The molecule has 0 fully saturated rings. The standard InChI is InChI=1S/C21H14BNO2/c1-2-9-18-15(6-1)12-13-23-21(18)16-7-5-8-17(14-16)22-24-19-10-3-4-11-20(19)25-22/h1-14H. The molecule has 4 aromatic rings. The van der Waals surface area contributed by atoms with Crippen molar-refractivity contribution in [2.75, 3.05) is 0 Å². The van der Waals surface area contributed by atoms with Crippen LogP contribution in [-0.4, -0.2) is 12.1 Å². The average Bonchev–Trinajstić information content (AvgIpc) is 3.12. The maximum atomic E-state index is 5.93. The molecule has 5 rings (SSSR count). The van der Waals surface area contributed by atoms with Crippen LogP contribution in [0.4, 0.5) is 0 Å². The summed E-state index contributed by atoms with van der Waals surface area (Å²) < 4.78 is 11.9. The number of pyridine rings is 1. The van der Waals surface area contributed by atoms with E-state index in [1.807, 2.05) is 60.8 Å². The third-order valence-corrected chi connectivity index (χ3v) is 4.42. The Morgan fingerprint density at radius 3 is 2.32 bits per heavy atom. The van der Waals surface area contributed by atoms with E-state index in [0.29, 0.717) is 0 Å². The van der Waals surface area contributed by atoms with Crippen molar-refractivity contribution in [3.05, 3.63) is 85.1 Å². The fourth-order valence-electron chi connectivity index (χ4n) is 3.22. The highest BCUT2D eigenvalue weighted by atomic mass is 16.6. The summed E-state index contributed by atoms with van der Waals surface area (Å²) in [4.78, 5) is 4.60. The molecule has 0 unspecified atom stereocenters. The molecule has 4 heteroatoms. The number of benzene rings is 3. The summed E-state index contributed by atoms with van der Waals surface area (Å²) in [5.74, 6) is 1.56. The first-order valence-corrected chi connectivity index (χ1v) is 8.25. The van der Waals surface area contributed by atoms with Crippen LogP contribution in [0.3, 0.4) is 0 Å². The average molecular weight is 323 g/mol. The minimum atomic E-state index is -0.424. The highest BCUT2D eigenvalue weighted by molar-refractivity contribution is 6.63. The van der Waals surface area contributed by atoms with Crippen LogP contribution in [0.1, 0.15) is 0 Å². The van der Waals surface area contributed by atoms with Gasteiger partial charge in [-0.1, -0.05) is 60.7 Å². The van der Waals surface area contributed by atoms with E-state index in [1.54, 1.807) is 0 Å². The van der Waals surface area contributed by atoms with Crippen LogP contribution >= 0.6 is 0 Å². The second-order valence-electron chi connectivity index (χ2n) is 6.02. The molecule has 0 bridgehead atoms. The van der Waals surface area contributed by atoms with Crippen molar-refractivity contribution in [3.8, 4) is 22.8 Å². The van der Waals surface area contributed by atoms with E-state index in [2.05, 4.69) is 29.2 Å². The van der Waals surface area contributed by atoms with E-state index in [9.17, 15) is 0 Å². The molecule has 0 atom stereocenters. The van der Waals surface area contributed by atoms with Gasteiger partial charge in [0.1, 0.15) is 11.5 Å². The number of aromatic nitrogens is 1. The van der Waals surface area contributed by atoms with Gasteiger partial charge in [-0.15, -0.1) is 0 Å². The second-order valence-corrected chi connectivity index (χ2v) is 6.02. The maximum absolute atomic E-state index is 5.93. The Bertz CT molecular complexity index is 1050. The van der Waals surface area contributed by atoms with E-state index in [4.69, 9.17) is 9.31 Å². The minimum absolute atomic E-state index is 0.424. The Balaban J connectivity index is 1.56. The predicted octanol–water partition coefficient (Wildman–Crippen LogP) is 4.07. The number of para-hydroxylation sites is 2. The number of hydrogen-bond donors (Lipinski definition) is 0. The zero-order chi connectivity index (χ0) is 16.6. The van der Waals surface area contributed by atoms with Gasteiger partial charge in [0.15, 0.2) is 0 Å². The molecule has 0 N–H and O–H groups in total. The summed E-state index contributed by atoms with van der Waals surface area (Å²) in [5, 5.41) is 2.32. The van der Waals surface area contributed by atoms with E-state index < -0.39 is 7.12 Å². The molecule has 1 aliphatic rings. The lowest BCUT2D eigenvalue weighted by Crippen LogP contribution is -2.39. The van der Waals surface area contributed by atoms with E-state index in [1.165, 1.54) is 5.39 Å². The van der Waals surface area contributed by atoms with Crippen molar-refractivity contribution in [3.63, 3.8) is 0 Å². The van der Waals surface area contributed by atoms with Crippen LogP contribution in [0.15, 0.2) is 85.1 Å². The van der Waals surface area contributed by atoms with Crippen molar-refractivity contribution in [2.45, 2.75) is 0 Å². The lowest BCUT2D eigenvalue weighted by Gasteiger charge is -2.09. The lowest BCUT2D eigenvalue weighted by atomic mass is 9.78. The van der Waals surface area contributed by atoms with Crippen LogP contribution in [0.5, 0.6) is 11.5 Å². The van der Waals surface area contributed by atoms with Gasteiger partial charge in [-0.25, -0.2) is 0 Å². The van der Waals surface area contributed by atoms with Gasteiger partial charge < -0.3 is 9.31 Å². The molecule has 1 aliphatic heterocycles. The van der Waals surface area contributed by atoms with Crippen molar-refractivity contribution in [1.29, 1.82) is 0 Å². The molecule has 0 aliphatic carbocycles. The molecule has 0 saturated carbocycles. The van der Waals surface area contributed by atoms with E-state index in [0.717, 1.165) is 33.6 Å². The van der Waals surface area contributed by atoms with Crippen LogP contribution < -0.4 is 14.8 Å². The topological polar surface area (TPSA) is 31.4 Å². The quantitative estimate of drug-likeness (QED) is 0.521. The van der Waals surface area contributed by atoms with Crippen molar-refractivity contribution in [1.82, 2.24) is 4.98 Å². The molecule has 0 spiro atoms. The highest BCUT2D eigenvalue weighted by Crippen LogP contribution is 2.33. The highest BCUT2D eigenvalue weighted by Gasteiger charge is 2.33. The predicted molar refractivity (Wildman–Crippen MR) is 100 cm³/mol. The molecule has 3 nitrogen and oxygen atoms in total. The van der Waals surface area contributed by atoms with Crippen molar-refractivity contribution < 1.29 is 9.31 Å². The van der Waals surface area contributed by atoms with Gasteiger partial charge in [0.05, 0.1) is 5.69 Å². The fraction of sp³-hybridized carbons (Fsp3) is 0. The third-order valence-electron chi connectivity index (χ3n) is 4.42. The molecule has 118 valence electrons. The molecule has 2 heterocycles. The van der Waals surface area contributed by atoms with Gasteiger partial charge in [0, 0.05) is 22.6 Å². The largest absolute Gasteiger partial charge is 0.632 e. The molecular formula is C21H14BNO2. The van der Waals surface area contributed by atoms with Crippen LogP contribution in [0.25, 0.3) is 22.0 Å². The van der Waals surface area contributed by atoms with Gasteiger partial charge in [0.25, 0.3) is 0 Å². The van der Waals surface area contributed by atoms with Gasteiger partial charge in [-0.05, 0) is 23.6 Å². The molecular weight excluding hydrogens is 309 g/mol. The SMILES string of the molecule is c1cc(B2Oc3ccccc3O2)cc(-c2nccc3ccccc23)c1. The molecule has 25 heavy (non-hydrogen) atoms. The van der Waals surface area contributed by atoms with Gasteiger partial charge in [-0.2, -0.15) is 0 Å². The van der Waals surface area contributed by atoms with Gasteiger partial charge in [-0.3, -0.25) is 4.98 Å². The third kappa shape index (κ3) is 2.43. The number of hydrogen-bond acceptors (Lipinski definition) is 3. The molecule has 0 saturated heterocycles. The molecule has 0 amide bonds. The molecule has 0 radical (unpaired) electrons. The Labute approximate surface area is 146 Å². The summed E-state index contributed by atoms with van der Waals surface area (Å²) in [5.41, 5.74) is 3.00. The van der Waals surface area contributed by atoms with Crippen LogP contribution in [0.2, 0.25) is 0 Å². The summed E-state index contributed by atoms with van der Waals surface area (Å²) in [6.45, 7) is 0. The molecule has 1 aromatic heterocycles. The lowest BCUT2D eigenvalue weighted by molar-refractivity contribution is 0.519. The Morgan fingerprint density at radius 1 is 0.720 bits per heavy atom. The number of rotatable bonds is 2. The monoisotopic (exact) mass is 323 g/mol. The van der Waals surface area contributed by atoms with E-state index in [-0.39, 0.29) is 0 Å². The summed E-state index contributed by atoms with van der Waals surface area (Å²) >= 11 is 0. The van der Waals surface area contributed by atoms with Gasteiger partial charge >= 0.3 is 7.12 Å². The smallest absolute Gasteiger partial charge is 0.519 e. The summed E-state index contributed by atoms with van der Waals surface area (Å²) in [6, 6.07) is 26.2. The maximum Gasteiger partial charge on any atom is 0.632 e. The minimum Gasteiger partial charge on any atom is -0.519 e. The number of fused-ring (bicyclic) bond motifs is 2. The first-order chi connectivity index (χ1) is 12.4. The number of nitrogens with zero attached hydrogens (tertiary/aromatic N) is 1. The Kier molecular flexibility index (Phi) is 3.20. The first kappa shape index (κ1) is 14.1.